The molecule has 0 aliphatic carbocycles. The van der Waals surface area contributed by atoms with E-state index in [2.05, 4.69) is 0 Å². The summed E-state index contributed by atoms with van der Waals surface area (Å²) in [4.78, 5) is 0. The van der Waals surface area contributed by atoms with Crippen LogP contribution in [0, 0.1) is 11.6 Å². The van der Waals surface area contributed by atoms with Gasteiger partial charge in [-0.05, 0) is 29.1 Å². The lowest BCUT2D eigenvalue weighted by molar-refractivity contribution is 0.509. The third-order valence-electron chi connectivity index (χ3n) is 2.71. The number of hydrogen-bond donors (Lipinski definition) is 0. The van der Waals surface area contributed by atoms with Crippen molar-refractivity contribution >= 4 is 21.4 Å². The summed E-state index contributed by atoms with van der Waals surface area (Å²) in [5, 5.41) is 3.04. The van der Waals surface area contributed by atoms with Crippen molar-refractivity contribution < 1.29 is 8.78 Å². The van der Waals surface area contributed by atoms with Crippen molar-refractivity contribution in [1.82, 2.24) is 0 Å². The van der Waals surface area contributed by atoms with Crippen LogP contribution < -0.4 is 0 Å². The van der Waals surface area contributed by atoms with Gasteiger partial charge in [-0.15, -0.1) is 11.3 Å². The van der Waals surface area contributed by atoms with Crippen molar-refractivity contribution in [2.75, 3.05) is 0 Å². The maximum atomic E-state index is 13.2. The Morgan fingerprint density at radius 2 is 1.71 bits per heavy atom. The van der Waals surface area contributed by atoms with Crippen molar-refractivity contribution in [3.8, 4) is 11.1 Å². The van der Waals surface area contributed by atoms with Crippen molar-refractivity contribution in [3.05, 3.63) is 59.5 Å². The second-order valence-corrected chi connectivity index (χ2v) is 4.69. The minimum Gasteiger partial charge on any atom is -0.204 e. The molecule has 84 valence electrons. The van der Waals surface area contributed by atoms with Gasteiger partial charge >= 0.3 is 0 Å². The Labute approximate surface area is 101 Å². The fraction of sp³-hybridized carbons (Fsp3) is 0. The first-order valence-electron chi connectivity index (χ1n) is 5.17. The molecule has 17 heavy (non-hydrogen) atoms. The quantitative estimate of drug-likeness (QED) is 0.576. The largest absolute Gasteiger partial charge is 0.204 e. The predicted molar refractivity (Wildman–Crippen MR) is 67.2 cm³/mol. The zero-order valence-corrected chi connectivity index (χ0v) is 9.60. The summed E-state index contributed by atoms with van der Waals surface area (Å²) in [5.41, 5.74) is 1.66. The van der Waals surface area contributed by atoms with Gasteiger partial charge in [-0.2, -0.15) is 0 Å². The van der Waals surface area contributed by atoms with Crippen molar-refractivity contribution in [2.24, 2.45) is 0 Å². The minimum absolute atomic E-state index is 0.710. The van der Waals surface area contributed by atoms with Crippen molar-refractivity contribution in [3.63, 3.8) is 0 Å². The summed E-state index contributed by atoms with van der Waals surface area (Å²) in [5.74, 6) is -1.62. The first-order valence-corrected chi connectivity index (χ1v) is 6.05. The number of thiophene rings is 1. The van der Waals surface area contributed by atoms with E-state index in [9.17, 15) is 8.78 Å². The Kier molecular flexibility index (Phi) is 2.41. The second kappa shape index (κ2) is 3.93. The average Bonchev–Trinajstić information content (AvgIpc) is 2.76. The molecule has 0 saturated heterocycles. The Balaban J connectivity index is 2.24. The van der Waals surface area contributed by atoms with E-state index in [-0.39, 0.29) is 0 Å². The molecular weight excluding hydrogens is 238 g/mol. The molecule has 0 saturated carbocycles. The fourth-order valence-corrected chi connectivity index (χ4v) is 2.83. The molecular formula is C14H8F2S. The molecule has 1 aromatic heterocycles. The highest BCUT2D eigenvalue weighted by Crippen LogP contribution is 2.34. The molecule has 3 heteroatoms. The van der Waals surface area contributed by atoms with Gasteiger partial charge in [0.25, 0.3) is 0 Å². The number of benzene rings is 2. The Hall–Kier alpha value is -1.74. The normalized spacial score (nSPS) is 10.9. The molecule has 0 spiro atoms. The molecule has 3 rings (SSSR count). The van der Waals surface area contributed by atoms with Gasteiger partial charge in [0, 0.05) is 15.6 Å². The number of halogens is 2. The molecule has 0 radical (unpaired) electrons. The van der Waals surface area contributed by atoms with Gasteiger partial charge in [0.1, 0.15) is 0 Å². The molecule has 0 aliphatic heterocycles. The molecule has 0 unspecified atom stereocenters. The predicted octanol–water partition coefficient (Wildman–Crippen LogP) is 4.85. The molecule has 3 aromatic rings. The Bertz CT molecular complexity index is 686. The maximum Gasteiger partial charge on any atom is 0.159 e. The minimum atomic E-state index is -0.812. The molecule has 0 amide bonds. The molecule has 0 bridgehead atoms. The number of rotatable bonds is 1. The average molecular weight is 246 g/mol. The van der Waals surface area contributed by atoms with Gasteiger partial charge < -0.3 is 0 Å². The lowest BCUT2D eigenvalue weighted by Crippen LogP contribution is -1.84. The van der Waals surface area contributed by atoms with Crippen LogP contribution in [0.4, 0.5) is 8.78 Å². The topological polar surface area (TPSA) is 0 Å². The highest BCUT2D eigenvalue weighted by Gasteiger charge is 2.08. The van der Waals surface area contributed by atoms with Crippen LogP contribution in [-0.2, 0) is 0 Å². The molecule has 0 fully saturated rings. The van der Waals surface area contributed by atoms with Crippen molar-refractivity contribution in [1.29, 1.82) is 0 Å². The van der Waals surface area contributed by atoms with Crippen LogP contribution in [0.2, 0.25) is 0 Å². The van der Waals surface area contributed by atoms with Crippen LogP contribution in [0.1, 0.15) is 0 Å². The lowest BCUT2D eigenvalue weighted by Gasteiger charge is -2.00. The van der Waals surface area contributed by atoms with E-state index >= 15 is 0 Å². The fourth-order valence-electron chi connectivity index (χ4n) is 1.87. The number of hydrogen-bond acceptors (Lipinski definition) is 1. The molecule has 0 N–H and O–H groups in total. The highest BCUT2D eigenvalue weighted by atomic mass is 32.1. The summed E-state index contributed by atoms with van der Waals surface area (Å²) in [6.45, 7) is 0. The Morgan fingerprint density at radius 1 is 0.882 bits per heavy atom. The van der Waals surface area contributed by atoms with Gasteiger partial charge in [-0.3, -0.25) is 0 Å². The molecule has 0 aliphatic rings. The van der Waals surface area contributed by atoms with Gasteiger partial charge in [0.2, 0.25) is 0 Å². The van der Waals surface area contributed by atoms with Gasteiger partial charge in [0.15, 0.2) is 11.6 Å². The lowest BCUT2D eigenvalue weighted by atomic mass is 10.0. The standard InChI is InChI=1S/C14H8F2S/c15-12-6-5-9(7-13(12)16)11-8-17-14-4-2-1-3-10(11)14/h1-8H. The summed E-state index contributed by atoms with van der Waals surface area (Å²) in [6, 6.07) is 11.9. The van der Waals surface area contributed by atoms with Gasteiger partial charge in [0.05, 0.1) is 0 Å². The van der Waals surface area contributed by atoms with E-state index in [4.69, 9.17) is 0 Å². The third kappa shape index (κ3) is 1.72. The monoisotopic (exact) mass is 246 g/mol. The zero-order valence-electron chi connectivity index (χ0n) is 8.78. The molecule has 0 atom stereocenters. The summed E-state index contributed by atoms with van der Waals surface area (Å²) >= 11 is 1.60. The van der Waals surface area contributed by atoms with Gasteiger partial charge in [-0.1, -0.05) is 24.3 Å². The smallest absolute Gasteiger partial charge is 0.159 e. The van der Waals surface area contributed by atoms with Gasteiger partial charge in [-0.25, -0.2) is 8.78 Å². The van der Waals surface area contributed by atoms with E-state index in [1.807, 2.05) is 29.6 Å². The maximum absolute atomic E-state index is 13.2. The van der Waals surface area contributed by atoms with Crippen LogP contribution in [0.3, 0.4) is 0 Å². The summed E-state index contributed by atoms with van der Waals surface area (Å²) < 4.78 is 27.2. The Morgan fingerprint density at radius 3 is 2.53 bits per heavy atom. The number of fused-ring (bicyclic) bond motifs is 1. The first-order chi connectivity index (χ1) is 8.25. The van der Waals surface area contributed by atoms with E-state index in [1.165, 1.54) is 6.07 Å². The SMILES string of the molecule is Fc1ccc(-c2csc3ccccc23)cc1F. The van der Waals surface area contributed by atoms with Crippen LogP contribution in [0.5, 0.6) is 0 Å². The van der Waals surface area contributed by atoms with E-state index in [0.29, 0.717) is 5.56 Å². The van der Waals surface area contributed by atoms with E-state index in [0.717, 1.165) is 21.7 Å². The van der Waals surface area contributed by atoms with Crippen LogP contribution in [0.15, 0.2) is 47.8 Å². The van der Waals surface area contributed by atoms with Crippen LogP contribution in [-0.4, -0.2) is 0 Å². The van der Waals surface area contributed by atoms with Crippen molar-refractivity contribution in [2.45, 2.75) is 0 Å². The summed E-state index contributed by atoms with van der Waals surface area (Å²) in [6.07, 6.45) is 0. The highest BCUT2D eigenvalue weighted by molar-refractivity contribution is 7.17. The first kappa shape index (κ1) is 10.4. The summed E-state index contributed by atoms with van der Waals surface area (Å²) in [7, 11) is 0. The third-order valence-corrected chi connectivity index (χ3v) is 3.68. The second-order valence-electron chi connectivity index (χ2n) is 3.77. The van der Waals surface area contributed by atoms with E-state index < -0.39 is 11.6 Å². The van der Waals surface area contributed by atoms with E-state index in [1.54, 1.807) is 17.4 Å². The molecule has 1 heterocycles. The van der Waals surface area contributed by atoms with Crippen LogP contribution in [0.25, 0.3) is 21.2 Å². The molecule has 2 aromatic carbocycles. The van der Waals surface area contributed by atoms with Crippen LogP contribution >= 0.6 is 11.3 Å². The molecule has 0 nitrogen and oxygen atoms in total. The zero-order chi connectivity index (χ0) is 11.8.